The van der Waals surface area contributed by atoms with E-state index in [-0.39, 0.29) is 5.54 Å². The predicted octanol–water partition coefficient (Wildman–Crippen LogP) is 3.83. The summed E-state index contributed by atoms with van der Waals surface area (Å²) in [6.07, 6.45) is 5.28. The quantitative estimate of drug-likeness (QED) is 0.902. The topological polar surface area (TPSA) is 15.3 Å². The fourth-order valence-electron chi connectivity index (χ4n) is 3.62. The van der Waals surface area contributed by atoms with E-state index in [0.717, 1.165) is 5.92 Å². The molecule has 0 amide bonds. The Balaban J connectivity index is 2.31. The van der Waals surface area contributed by atoms with Crippen LogP contribution in [0.5, 0.6) is 0 Å². The third-order valence-electron chi connectivity index (χ3n) is 4.94. The van der Waals surface area contributed by atoms with Gasteiger partial charge < -0.3 is 10.2 Å². The Hall–Kier alpha value is -0.380. The zero-order valence-corrected chi connectivity index (χ0v) is 13.8. The summed E-state index contributed by atoms with van der Waals surface area (Å²) in [6, 6.07) is 2.80. The molecule has 0 bridgehead atoms. The van der Waals surface area contributed by atoms with E-state index in [0.29, 0.717) is 6.04 Å². The van der Waals surface area contributed by atoms with E-state index < -0.39 is 0 Å². The van der Waals surface area contributed by atoms with Gasteiger partial charge in [-0.25, -0.2) is 0 Å². The first kappa shape index (κ1) is 15.0. The molecule has 0 saturated heterocycles. The summed E-state index contributed by atoms with van der Waals surface area (Å²) in [7, 11) is 6.61. The van der Waals surface area contributed by atoms with Crippen molar-refractivity contribution < 1.29 is 0 Å². The van der Waals surface area contributed by atoms with Crippen molar-refractivity contribution in [3.63, 3.8) is 0 Å². The van der Waals surface area contributed by atoms with Gasteiger partial charge in [-0.3, -0.25) is 0 Å². The van der Waals surface area contributed by atoms with Crippen LogP contribution in [0.2, 0.25) is 0 Å². The Labute approximate surface area is 122 Å². The standard InChI is InChI=1S/C16H28N2S/c1-12-6-8-16(9-7-12,18(4)5)15(17-3)14-10-13(2)19-11-14/h10-12,15,17H,6-9H2,1-5H3. The molecule has 0 spiro atoms. The van der Waals surface area contributed by atoms with Gasteiger partial charge in [-0.1, -0.05) is 6.92 Å². The van der Waals surface area contributed by atoms with Crippen molar-refractivity contribution in [1.29, 1.82) is 0 Å². The fourth-order valence-corrected chi connectivity index (χ4v) is 4.35. The van der Waals surface area contributed by atoms with E-state index in [1.54, 1.807) is 0 Å². The zero-order chi connectivity index (χ0) is 14.0. The minimum atomic E-state index is 0.273. The number of rotatable bonds is 4. The number of hydrogen-bond donors (Lipinski definition) is 1. The van der Waals surface area contributed by atoms with Crippen molar-refractivity contribution in [2.45, 2.75) is 51.1 Å². The van der Waals surface area contributed by atoms with Gasteiger partial charge in [-0.2, -0.15) is 0 Å². The van der Waals surface area contributed by atoms with Gasteiger partial charge in [0.25, 0.3) is 0 Å². The Morgan fingerprint density at radius 2 is 2.00 bits per heavy atom. The van der Waals surface area contributed by atoms with Crippen molar-refractivity contribution in [1.82, 2.24) is 10.2 Å². The van der Waals surface area contributed by atoms with Gasteiger partial charge in [0.05, 0.1) is 6.04 Å². The lowest BCUT2D eigenvalue weighted by Gasteiger charge is -2.49. The van der Waals surface area contributed by atoms with E-state index >= 15 is 0 Å². The smallest absolute Gasteiger partial charge is 0.0512 e. The number of aryl methyl sites for hydroxylation is 1. The van der Waals surface area contributed by atoms with Gasteiger partial charge in [-0.05, 0) is 76.7 Å². The summed E-state index contributed by atoms with van der Waals surface area (Å²) in [4.78, 5) is 3.88. The third kappa shape index (κ3) is 2.88. The minimum Gasteiger partial charge on any atom is -0.311 e. The van der Waals surface area contributed by atoms with Crippen molar-refractivity contribution in [3.05, 3.63) is 21.9 Å². The lowest BCUT2D eigenvalue weighted by molar-refractivity contribution is 0.0457. The molecule has 0 radical (unpaired) electrons. The molecule has 1 aliphatic rings. The maximum atomic E-state index is 3.60. The second-order valence-electron chi connectivity index (χ2n) is 6.39. The third-order valence-corrected chi connectivity index (χ3v) is 5.82. The van der Waals surface area contributed by atoms with Gasteiger partial charge >= 0.3 is 0 Å². The largest absolute Gasteiger partial charge is 0.311 e. The minimum absolute atomic E-state index is 0.273. The van der Waals surface area contributed by atoms with Gasteiger partial charge in [0.1, 0.15) is 0 Å². The summed E-state index contributed by atoms with van der Waals surface area (Å²) >= 11 is 1.86. The van der Waals surface area contributed by atoms with Gasteiger partial charge in [0.15, 0.2) is 0 Å². The molecule has 108 valence electrons. The number of likely N-dealkylation sites (N-methyl/N-ethyl adjacent to an activating group) is 2. The Kier molecular flexibility index (Phi) is 4.70. The molecule has 1 fully saturated rings. The Bertz CT molecular complexity index is 403. The van der Waals surface area contributed by atoms with Crippen LogP contribution in [0.1, 0.15) is 49.1 Å². The van der Waals surface area contributed by atoms with Crippen LogP contribution in [0.3, 0.4) is 0 Å². The molecular weight excluding hydrogens is 252 g/mol. The van der Waals surface area contributed by atoms with E-state index in [1.807, 2.05) is 11.3 Å². The molecule has 2 rings (SSSR count). The molecule has 0 aliphatic heterocycles. The summed E-state index contributed by atoms with van der Waals surface area (Å²) < 4.78 is 0. The number of thiophene rings is 1. The first-order valence-electron chi connectivity index (χ1n) is 7.39. The van der Waals surface area contributed by atoms with E-state index in [1.165, 1.54) is 36.1 Å². The normalized spacial score (nSPS) is 29.7. The lowest BCUT2D eigenvalue weighted by atomic mass is 9.70. The van der Waals surface area contributed by atoms with Crippen LogP contribution in [-0.4, -0.2) is 31.6 Å². The van der Waals surface area contributed by atoms with Crippen LogP contribution < -0.4 is 5.32 Å². The first-order chi connectivity index (χ1) is 8.99. The van der Waals surface area contributed by atoms with Crippen LogP contribution in [0.4, 0.5) is 0 Å². The van der Waals surface area contributed by atoms with Crippen LogP contribution in [-0.2, 0) is 0 Å². The van der Waals surface area contributed by atoms with E-state index in [2.05, 4.69) is 56.7 Å². The summed E-state index contributed by atoms with van der Waals surface area (Å²) in [6.45, 7) is 4.59. The van der Waals surface area contributed by atoms with Crippen LogP contribution in [0.25, 0.3) is 0 Å². The second kappa shape index (κ2) is 5.94. The molecule has 1 heterocycles. The Morgan fingerprint density at radius 3 is 2.42 bits per heavy atom. The fraction of sp³-hybridized carbons (Fsp3) is 0.750. The highest BCUT2D eigenvalue weighted by Crippen LogP contribution is 2.44. The predicted molar refractivity (Wildman–Crippen MR) is 84.9 cm³/mol. The maximum Gasteiger partial charge on any atom is 0.0512 e. The number of nitrogens with zero attached hydrogens (tertiary/aromatic N) is 1. The molecule has 1 atom stereocenters. The van der Waals surface area contributed by atoms with Crippen molar-refractivity contribution in [2.75, 3.05) is 21.1 Å². The molecule has 1 N–H and O–H groups in total. The number of nitrogens with one attached hydrogen (secondary N) is 1. The van der Waals surface area contributed by atoms with E-state index in [9.17, 15) is 0 Å². The highest BCUT2D eigenvalue weighted by molar-refractivity contribution is 7.10. The van der Waals surface area contributed by atoms with Gasteiger partial charge in [0, 0.05) is 10.4 Å². The van der Waals surface area contributed by atoms with E-state index in [4.69, 9.17) is 0 Å². The van der Waals surface area contributed by atoms with Crippen molar-refractivity contribution in [2.24, 2.45) is 5.92 Å². The van der Waals surface area contributed by atoms with Crippen molar-refractivity contribution >= 4 is 11.3 Å². The van der Waals surface area contributed by atoms with Crippen LogP contribution in [0.15, 0.2) is 11.4 Å². The average molecular weight is 280 g/mol. The summed E-state index contributed by atoms with van der Waals surface area (Å²) in [5, 5.41) is 5.94. The molecule has 1 aromatic heterocycles. The summed E-state index contributed by atoms with van der Waals surface area (Å²) in [5.74, 6) is 0.884. The molecule has 3 heteroatoms. The molecule has 1 aromatic rings. The molecule has 1 aliphatic carbocycles. The molecule has 1 saturated carbocycles. The average Bonchev–Trinajstić information content (AvgIpc) is 2.79. The zero-order valence-electron chi connectivity index (χ0n) is 13.0. The molecular formula is C16H28N2S. The van der Waals surface area contributed by atoms with Crippen molar-refractivity contribution in [3.8, 4) is 0 Å². The number of hydrogen-bond acceptors (Lipinski definition) is 3. The lowest BCUT2D eigenvalue weighted by Crippen LogP contribution is -2.54. The highest BCUT2D eigenvalue weighted by Gasteiger charge is 2.43. The van der Waals surface area contributed by atoms with Gasteiger partial charge in [0.2, 0.25) is 0 Å². The molecule has 2 nitrogen and oxygen atoms in total. The summed E-state index contributed by atoms with van der Waals surface area (Å²) in [5.41, 5.74) is 1.74. The SMILES string of the molecule is CNC(c1csc(C)c1)C1(N(C)C)CCC(C)CC1. The Morgan fingerprint density at radius 1 is 1.37 bits per heavy atom. The first-order valence-corrected chi connectivity index (χ1v) is 8.27. The van der Waals surface area contributed by atoms with Gasteiger partial charge in [-0.15, -0.1) is 11.3 Å². The molecule has 0 aromatic carbocycles. The monoisotopic (exact) mass is 280 g/mol. The highest BCUT2D eigenvalue weighted by atomic mass is 32.1. The molecule has 19 heavy (non-hydrogen) atoms. The van der Waals surface area contributed by atoms with Crippen LogP contribution >= 0.6 is 11.3 Å². The maximum absolute atomic E-state index is 3.60. The van der Waals surface area contributed by atoms with Crippen LogP contribution in [0, 0.1) is 12.8 Å². The second-order valence-corrected chi connectivity index (χ2v) is 7.51. The molecule has 1 unspecified atom stereocenters.